The Balaban J connectivity index is 1.89. The fraction of sp³-hybridized carbons (Fsp3) is 0.667. The third kappa shape index (κ3) is 1.47. The second kappa shape index (κ2) is 3.60. The van der Waals surface area contributed by atoms with Gasteiger partial charge in [0.05, 0.1) is 6.04 Å². The molecule has 0 spiro atoms. The summed E-state index contributed by atoms with van der Waals surface area (Å²) < 4.78 is 0. The van der Waals surface area contributed by atoms with Crippen LogP contribution in [0.1, 0.15) is 32.1 Å². The molecule has 1 heterocycles. The minimum Gasteiger partial charge on any atom is -0.284 e. The highest BCUT2D eigenvalue weighted by atomic mass is 32.2. The number of hydrogen-bond acceptors (Lipinski definition) is 2. The Morgan fingerprint density at radius 2 is 2.43 bits per heavy atom. The van der Waals surface area contributed by atoms with Gasteiger partial charge in [0, 0.05) is 16.2 Å². The number of fused-ring (bicyclic) bond motifs is 2. The summed E-state index contributed by atoms with van der Waals surface area (Å²) in [5, 5.41) is 1.47. The zero-order chi connectivity index (χ0) is 9.38. The average molecular weight is 205 g/mol. The van der Waals surface area contributed by atoms with E-state index in [1.54, 1.807) is 0 Å². The Kier molecular flexibility index (Phi) is 2.27. The molecule has 0 amide bonds. The maximum Gasteiger partial charge on any atom is 0.0875 e. The van der Waals surface area contributed by atoms with E-state index in [0.29, 0.717) is 11.3 Å². The first kappa shape index (κ1) is 8.82. The number of thioether (sulfide) groups is 1. The molecule has 0 aromatic carbocycles. The summed E-state index contributed by atoms with van der Waals surface area (Å²) in [7, 11) is 0. The van der Waals surface area contributed by atoms with Crippen molar-refractivity contribution in [1.82, 2.24) is 0 Å². The molecule has 1 fully saturated rings. The third-order valence-electron chi connectivity index (χ3n) is 3.29. The molecular weight excluding hydrogens is 190 g/mol. The van der Waals surface area contributed by atoms with E-state index in [1.165, 1.54) is 37.8 Å². The van der Waals surface area contributed by atoms with Crippen LogP contribution in [0.15, 0.2) is 22.9 Å². The van der Waals surface area contributed by atoms with E-state index >= 15 is 0 Å². The van der Waals surface area contributed by atoms with Crippen LogP contribution in [0.2, 0.25) is 0 Å². The zero-order valence-electron chi connectivity index (χ0n) is 8.28. The van der Waals surface area contributed by atoms with Gasteiger partial charge in [0.1, 0.15) is 0 Å². The third-order valence-corrected chi connectivity index (χ3v) is 4.95. The fourth-order valence-electron chi connectivity index (χ4n) is 2.51. The molecule has 1 saturated carbocycles. The smallest absolute Gasteiger partial charge is 0.0875 e. The first-order valence-electron chi connectivity index (χ1n) is 5.56. The first-order valence-corrected chi connectivity index (χ1v) is 6.51. The molecule has 0 aromatic heterocycles. The highest BCUT2D eigenvalue weighted by Crippen LogP contribution is 2.38. The molecule has 0 saturated heterocycles. The Labute approximate surface area is 89.4 Å². The Hall–Kier alpha value is -0.460. The Bertz CT molecular complexity index is 325. The van der Waals surface area contributed by atoms with Crippen molar-refractivity contribution in [2.45, 2.75) is 48.6 Å². The highest BCUT2D eigenvalue weighted by Gasteiger charge is 2.33. The Morgan fingerprint density at radius 3 is 3.43 bits per heavy atom. The normalized spacial score (nSPS) is 40.0. The van der Waals surface area contributed by atoms with Crippen LogP contribution in [0.3, 0.4) is 0 Å². The summed E-state index contributed by atoms with van der Waals surface area (Å²) in [6.07, 6.45) is 10.8. The van der Waals surface area contributed by atoms with E-state index in [1.807, 2.05) is 0 Å². The van der Waals surface area contributed by atoms with Crippen molar-refractivity contribution < 1.29 is 0 Å². The molecule has 3 rings (SSSR count). The van der Waals surface area contributed by atoms with Gasteiger partial charge in [-0.2, -0.15) is 0 Å². The molecular formula is C12H15NS. The lowest BCUT2D eigenvalue weighted by atomic mass is 9.96. The van der Waals surface area contributed by atoms with E-state index in [4.69, 9.17) is 4.99 Å². The van der Waals surface area contributed by atoms with Gasteiger partial charge in [-0.3, -0.25) is 4.99 Å². The highest BCUT2D eigenvalue weighted by molar-refractivity contribution is 8.01. The molecule has 1 aliphatic heterocycles. The minimum absolute atomic E-state index is 0.439. The summed E-state index contributed by atoms with van der Waals surface area (Å²) >= 11 is 2.17. The number of rotatable bonds is 0. The molecule has 2 heteroatoms. The zero-order valence-corrected chi connectivity index (χ0v) is 9.09. The lowest BCUT2D eigenvalue weighted by Crippen LogP contribution is -2.35. The van der Waals surface area contributed by atoms with E-state index in [9.17, 15) is 0 Å². The first-order chi connectivity index (χ1) is 6.93. The molecule has 1 nitrogen and oxygen atoms in total. The Morgan fingerprint density at radius 1 is 1.43 bits per heavy atom. The van der Waals surface area contributed by atoms with Gasteiger partial charge in [-0.25, -0.2) is 0 Å². The molecule has 3 unspecified atom stereocenters. The van der Waals surface area contributed by atoms with Crippen molar-refractivity contribution in [2.24, 2.45) is 4.99 Å². The largest absolute Gasteiger partial charge is 0.284 e. The van der Waals surface area contributed by atoms with Gasteiger partial charge in [0.15, 0.2) is 0 Å². The molecule has 2 aliphatic carbocycles. The molecule has 3 atom stereocenters. The van der Waals surface area contributed by atoms with E-state index in [2.05, 4.69) is 29.6 Å². The van der Waals surface area contributed by atoms with Gasteiger partial charge < -0.3 is 0 Å². The molecule has 0 N–H and O–H groups in total. The van der Waals surface area contributed by atoms with Crippen molar-refractivity contribution in [2.75, 3.05) is 0 Å². The lowest BCUT2D eigenvalue weighted by Gasteiger charge is -2.35. The predicted molar refractivity (Wildman–Crippen MR) is 62.1 cm³/mol. The van der Waals surface area contributed by atoms with Gasteiger partial charge >= 0.3 is 0 Å². The second-order valence-electron chi connectivity index (χ2n) is 4.29. The summed E-state index contributed by atoms with van der Waals surface area (Å²) in [4.78, 5) is 4.88. The van der Waals surface area contributed by atoms with Crippen LogP contribution in [0.5, 0.6) is 0 Å². The van der Waals surface area contributed by atoms with Crippen molar-refractivity contribution >= 4 is 17.5 Å². The SMILES string of the molecule is C1=CCC2SC3CCCCC3=NC2C=1. The maximum absolute atomic E-state index is 4.88. The molecule has 0 radical (unpaired) electrons. The van der Waals surface area contributed by atoms with Crippen molar-refractivity contribution in [1.29, 1.82) is 0 Å². The second-order valence-corrected chi connectivity index (χ2v) is 5.74. The summed E-state index contributed by atoms with van der Waals surface area (Å²) in [5.74, 6) is 0. The van der Waals surface area contributed by atoms with Gasteiger partial charge in [-0.05, 0) is 37.8 Å². The van der Waals surface area contributed by atoms with Crippen LogP contribution in [-0.2, 0) is 0 Å². The molecule has 0 aromatic rings. The van der Waals surface area contributed by atoms with Crippen LogP contribution in [0.4, 0.5) is 0 Å². The average Bonchev–Trinajstić information content (AvgIpc) is 2.26. The van der Waals surface area contributed by atoms with Crippen LogP contribution in [-0.4, -0.2) is 22.3 Å². The monoisotopic (exact) mass is 205 g/mol. The van der Waals surface area contributed by atoms with E-state index in [0.717, 1.165) is 5.25 Å². The molecule has 0 bridgehead atoms. The van der Waals surface area contributed by atoms with Gasteiger partial charge in [0.2, 0.25) is 0 Å². The van der Waals surface area contributed by atoms with Crippen LogP contribution >= 0.6 is 11.8 Å². The molecule has 14 heavy (non-hydrogen) atoms. The lowest BCUT2D eigenvalue weighted by molar-refractivity contribution is 0.639. The number of hydrogen-bond donors (Lipinski definition) is 0. The number of aliphatic imine (C=N–C) groups is 1. The van der Waals surface area contributed by atoms with Crippen LogP contribution < -0.4 is 0 Å². The van der Waals surface area contributed by atoms with E-state index in [-0.39, 0.29) is 0 Å². The molecule has 3 aliphatic rings. The standard InChI is InChI=1S/C12H15NS/c1-3-7-11-9(5-1)13-10-6-2-4-8-12(10)14-11/h4,6,10-12H,1,3,5,7-8H2. The predicted octanol–water partition coefficient (Wildman–Crippen LogP) is 2.97. The number of nitrogens with zero attached hydrogens (tertiary/aromatic N) is 1. The van der Waals surface area contributed by atoms with E-state index < -0.39 is 0 Å². The van der Waals surface area contributed by atoms with Gasteiger partial charge in [-0.15, -0.1) is 17.5 Å². The quantitative estimate of drug-likeness (QED) is 0.554. The minimum atomic E-state index is 0.439. The topological polar surface area (TPSA) is 12.4 Å². The fourth-order valence-corrected chi connectivity index (χ4v) is 4.08. The van der Waals surface area contributed by atoms with Crippen molar-refractivity contribution in [3.63, 3.8) is 0 Å². The summed E-state index contributed by atoms with van der Waals surface area (Å²) in [6, 6.07) is 0.439. The maximum atomic E-state index is 4.88. The van der Waals surface area contributed by atoms with Gasteiger partial charge in [0.25, 0.3) is 0 Å². The molecule has 74 valence electrons. The van der Waals surface area contributed by atoms with Crippen molar-refractivity contribution in [3.8, 4) is 0 Å². The summed E-state index contributed by atoms with van der Waals surface area (Å²) in [5.41, 5.74) is 4.70. The van der Waals surface area contributed by atoms with Crippen LogP contribution in [0, 0.1) is 0 Å². The van der Waals surface area contributed by atoms with Crippen LogP contribution in [0.25, 0.3) is 0 Å². The van der Waals surface area contributed by atoms with Gasteiger partial charge in [-0.1, -0.05) is 6.42 Å². The summed E-state index contributed by atoms with van der Waals surface area (Å²) in [6.45, 7) is 0. The van der Waals surface area contributed by atoms with Crippen molar-refractivity contribution in [3.05, 3.63) is 17.9 Å².